The average molecular weight is 486 g/mol. The molecule has 174 valence electrons. The molecule has 1 aliphatic heterocycles. The van der Waals surface area contributed by atoms with Gasteiger partial charge in [-0.1, -0.05) is 29.5 Å². The van der Waals surface area contributed by atoms with Gasteiger partial charge in [0.05, 0.1) is 28.3 Å². The third-order valence-corrected chi connectivity index (χ3v) is 9.05. The first-order valence-corrected chi connectivity index (χ1v) is 13.0. The highest BCUT2D eigenvalue weighted by molar-refractivity contribution is 7.99. The van der Waals surface area contributed by atoms with E-state index in [2.05, 4.69) is 5.10 Å². The van der Waals surface area contributed by atoms with Crippen LogP contribution in [0.25, 0.3) is 0 Å². The van der Waals surface area contributed by atoms with Crippen molar-refractivity contribution in [1.82, 2.24) is 14.1 Å². The highest BCUT2D eigenvalue weighted by Crippen LogP contribution is 2.34. The summed E-state index contributed by atoms with van der Waals surface area (Å²) in [7, 11) is -2.30. The van der Waals surface area contributed by atoms with Gasteiger partial charge in [-0.15, -0.1) is 0 Å². The van der Waals surface area contributed by atoms with E-state index < -0.39 is 16.1 Å². The fourth-order valence-corrected chi connectivity index (χ4v) is 6.60. The predicted octanol–water partition coefficient (Wildman–Crippen LogP) is 4.46. The normalized spacial score (nSPS) is 16.8. The second-order valence-corrected chi connectivity index (χ2v) is 11.1. The van der Waals surface area contributed by atoms with Gasteiger partial charge in [0.25, 0.3) is 5.91 Å². The molecule has 9 heteroatoms. The van der Waals surface area contributed by atoms with Crippen molar-refractivity contribution in [3.63, 3.8) is 0 Å². The van der Waals surface area contributed by atoms with Gasteiger partial charge in [0, 0.05) is 11.4 Å². The van der Waals surface area contributed by atoms with E-state index in [0.717, 1.165) is 21.2 Å². The van der Waals surface area contributed by atoms with Gasteiger partial charge in [-0.3, -0.25) is 4.79 Å². The third kappa shape index (κ3) is 4.58. The van der Waals surface area contributed by atoms with Gasteiger partial charge < -0.3 is 4.74 Å². The second kappa shape index (κ2) is 9.32. The van der Waals surface area contributed by atoms with Gasteiger partial charge in [0.15, 0.2) is 0 Å². The van der Waals surface area contributed by atoms with E-state index in [4.69, 9.17) is 4.74 Å². The van der Waals surface area contributed by atoms with Crippen molar-refractivity contribution in [2.24, 2.45) is 0 Å². The molecule has 1 fully saturated rings. The van der Waals surface area contributed by atoms with Crippen LogP contribution in [-0.4, -0.2) is 48.1 Å². The number of hydrogen-bond acceptors (Lipinski definition) is 6. The molecule has 0 amide bonds. The number of hydrogen-bond donors (Lipinski definition) is 0. The molecule has 1 atom stereocenters. The topological polar surface area (TPSA) is 81.5 Å². The SMILES string of the molecule is COc1ccc(S(=O)(=O)N2CCC[C@H]2C(=O)n2nc(C)c(Sc3ccc(C)cc3)c2C)cc1. The predicted molar refractivity (Wildman–Crippen MR) is 128 cm³/mol. The summed E-state index contributed by atoms with van der Waals surface area (Å²) in [6.45, 7) is 6.06. The number of methoxy groups -OCH3 is 1. The standard InChI is InChI=1S/C24H27N3O4S2/c1-16-7-11-20(12-8-16)32-23-17(2)25-27(18(23)3)24(28)22-6-5-15-26(22)33(29,30)21-13-9-19(31-4)10-14-21/h7-14,22H,5-6,15H2,1-4H3/t22-/m0/s1. The fraction of sp³-hybridized carbons (Fsp3) is 0.333. The lowest BCUT2D eigenvalue weighted by Crippen LogP contribution is -2.43. The van der Waals surface area contributed by atoms with Gasteiger partial charge in [-0.05, 0) is 70.0 Å². The van der Waals surface area contributed by atoms with Crippen molar-refractivity contribution in [1.29, 1.82) is 0 Å². The maximum atomic E-state index is 13.5. The lowest BCUT2D eigenvalue weighted by Gasteiger charge is -2.23. The zero-order chi connectivity index (χ0) is 23.8. The summed E-state index contributed by atoms with van der Waals surface area (Å²) < 4.78 is 34.4. The Hall–Kier alpha value is -2.62. The molecule has 0 N–H and O–H groups in total. The highest BCUT2D eigenvalue weighted by Gasteiger charge is 2.41. The monoisotopic (exact) mass is 485 g/mol. The van der Waals surface area contributed by atoms with Crippen molar-refractivity contribution in [2.75, 3.05) is 13.7 Å². The zero-order valence-corrected chi connectivity index (χ0v) is 20.7. The van der Waals surface area contributed by atoms with Gasteiger partial charge in [0.2, 0.25) is 10.0 Å². The van der Waals surface area contributed by atoms with Crippen LogP contribution in [-0.2, 0) is 10.0 Å². The van der Waals surface area contributed by atoms with Crippen molar-refractivity contribution in [3.05, 3.63) is 65.5 Å². The number of carbonyl (C=O) groups excluding carboxylic acids is 1. The number of aromatic nitrogens is 2. The van der Waals surface area contributed by atoms with Crippen LogP contribution in [0.5, 0.6) is 5.75 Å². The Morgan fingerprint density at radius 3 is 2.36 bits per heavy atom. The first-order chi connectivity index (χ1) is 15.7. The Bertz CT molecular complexity index is 1270. The molecular formula is C24H27N3O4S2. The van der Waals surface area contributed by atoms with Gasteiger partial charge in [0.1, 0.15) is 11.8 Å². The van der Waals surface area contributed by atoms with Crippen LogP contribution < -0.4 is 4.74 Å². The van der Waals surface area contributed by atoms with E-state index in [1.54, 1.807) is 23.9 Å². The van der Waals surface area contributed by atoms with Crippen LogP contribution >= 0.6 is 11.8 Å². The van der Waals surface area contributed by atoms with Gasteiger partial charge in [-0.2, -0.15) is 9.40 Å². The molecule has 0 spiro atoms. The Morgan fingerprint density at radius 1 is 1.06 bits per heavy atom. The quantitative estimate of drug-likeness (QED) is 0.513. The summed E-state index contributed by atoms with van der Waals surface area (Å²) in [5, 5.41) is 4.49. The van der Waals surface area contributed by atoms with E-state index in [9.17, 15) is 13.2 Å². The van der Waals surface area contributed by atoms with Crippen molar-refractivity contribution in [3.8, 4) is 5.75 Å². The molecule has 1 aromatic heterocycles. The number of carbonyl (C=O) groups is 1. The van der Waals surface area contributed by atoms with Crippen LogP contribution in [0.15, 0.2) is 63.2 Å². The molecule has 4 rings (SSSR count). The molecule has 1 aliphatic rings. The van der Waals surface area contributed by atoms with Crippen LogP contribution in [0.4, 0.5) is 0 Å². The maximum absolute atomic E-state index is 13.5. The largest absolute Gasteiger partial charge is 0.497 e. The van der Waals surface area contributed by atoms with Crippen molar-refractivity contribution in [2.45, 2.75) is 54.3 Å². The minimum Gasteiger partial charge on any atom is -0.497 e. The number of nitrogens with zero attached hydrogens (tertiary/aromatic N) is 3. The number of rotatable bonds is 6. The maximum Gasteiger partial charge on any atom is 0.265 e. The van der Waals surface area contributed by atoms with Crippen LogP contribution in [0.3, 0.4) is 0 Å². The summed E-state index contributed by atoms with van der Waals surface area (Å²) >= 11 is 1.56. The van der Waals surface area contributed by atoms with Crippen LogP contribution in [0.2, 0.25) is 0 Å². The molecule has 2 aromatic carbocycles. The Balaban J connectivity index is 1.61. The van der Waals surface area contributed by atoms with E-state index in [-0.39, 0.29) is 10.8 Å². The van der Waals surface area contributed by atoms with Crippen LogP contribution in [0.1, 0.15) is 34.6 Å². The van der Waals surface area contributed by atoms with E-state index in [1.807, 2.05) is 45.0 Å². The molecule has 0 bridgehead atoms. The first-order valence-electron chi connectivity index (χ1n) is 10.7. The van der Waals surface area contributed by atoms with E-state index in [0.29, 0.717) is 25.1 Å². The number of benzene rings is 2. The molecule has 2 heterocycles. The zero-order valence-electron chi connectivity index (χ0n) is 19.1. The summed E-state index contributed by atoms with van der Waals surface area (Å²) in [5.41, 5.74) is 2.64. The molecule has 0 saturated carbocycles. The summed E-state index contributed by atoms with van der Waals surface area (Å²) in [5.74, 6) is 0.255. The molecular weight excluding hydrogens is 458 g/mol. The summed E-state index contributed by atoms with van der Waals surface area (Å²) in [4.78, 5) is 15.6. The molecule has 7 nitrogen and oxygen atoms in total. The van der Waals surface area contributed by atoms with E-state index >= 15 is 0 Å². The molecule has 0 aliphatic carbocycles. The number of sulfonamides is 1. The van der Waals surface area contributed by atoms with Crippen molar-refractivity contribution < 1.29 is 17.9 Å². The molecule has 3 aromatic rings. The molecule has 0 radical (unpaired) electrons. The fourth-order valence-electron chi connectivity index (χ4n) is 4.01. The Labute approximate surface area is 198 Å². The molecule has 0 unspecified atom stereocenters. The highest BCUT2D eigenvalue weighted by atomic mass is 32.2. The Kier molecular flexibility index (Phi) is 6.65. The van der Waals surface area contributed by atoms with E-state index in [1.165, 1.54) is 33.8 Å². The minimum absolute atomic E-state index is 0.145. The van der Waals surface area contributed by atoms with Crippen LogP contribution in [0, 0.1) is 20.8 Å². The average Bonchev–Trinajstić information content (AvgIpc) is 3.41. The summed E-state index contributed by atoms with van der Waals surface area (Å²) in [6, 6.07) is 13.6. The second-order valence-electron chi connectivity index (χ2n) is 8.11. The Morgan fingerprint density at radius 2 is 1.73 bits per heavy atom. The van der Waals surface area contributed by atoms with Gasteiger partial charge >= 0.3 is 0 Å². The molecule has 1 saturated heterocycles. The number of aryl methyl sites for hydroxylation is 2. The van der Waals surface area contributed by atoms with Gasteiger partial charge in [-0.25, -0.2) is 13.1 Å². The lowest BCUT2D eigenvalue weighted by molar-refractivity contribution is 0.0813. The minimum atomic E-state index is -3.82. The molecule has 33 heavy (non-hydrogen) atoms. The lowest BCUT2D eigenvalue weighted by atomic mass is 10.2. The smallest absolute Gasteiger partial charge is 0.265 e. The first kappa shape index (κ1) is 23.5. The third-order valence-electron chi connectivity index (χ3n) is 5.83. The number of ether oxygens (including phenoxy) is 1. The van der Waals surface area contributed by atoms with Crippen molar-refractivity contribution >= 4 is 27.7 Å². The summed E-state index contributed by atoms with van der Waals surface area (Å²) in [6.07, 6.45) is 1.09.